The first-order valence-corrected chi connectivity index (χ1v) is 4.23. The summed E-state index contributed by atoms with van der Waals surface area (Å²) in [6.45, 7) is -0.635. The Hall–Kier alpha value is -1.31. The summed E-state index contributed by atoms with van der Waals surface area (Å²) in [5.41, 5.74) is 1.02. The van der Waals surface area contributed by atoms with Gasteiger partial charge in [0.25, 0.3) is 0 Å². The van der Waals surface area contributed by atoms with Gasteiger partial charge < -0.3 is 4.90 Å². The summed E-state index contributed by atoms with van der Waals surface area (Å²) in [7, 11) is 0. The molecule has 2 nitrogen and oxygen atoms in total. The Balaban J connectivity index is 2.71. The summed E-state index contributed by atoms with van der Waals surface area (Å²) >= 11 is 0. The number of carbonyl (C=O) groups is 1. The first kappa shape index (κ1) is 6.19. The lowest BCUT2D eigenvalue weighted by molar-refractivity contribution is -0.118. The lowest BCUT2D eigenvalue weighted by atomic mass is 10.1. The van der Waals surface area contributed by atoms with Gasteiger partial charge in [0.1, 0.15) is 0 Å². The molecule has 0 heterocycles. The Labute approximate surface area is 83.4 Å². The van der Waals surface area contributed by atoms with Gasteiger partial charge in [-0.1, -0.05) is 30.3 Å². The summed E-state index contributed by atoms with van der Waals surface area (Å²) in [6.07, 6.45) is 0.929. The van der Waals surface area contributed by atoms with E-state index in [0.29, 0.717) is 12.8 Å². The highest BCUT2D eigenvalue weighted by Gasteiger charge is 2.06. The number of likely N-dealkylation sites (N-methyl/N-ethyl adjacent to an activating group) is 1. The molecule has 0 spiro atoms. The van der Waals surface area contributed by atoms with Crippen LogP contribution in [0.5, 0.6) is 0 Å². The average molecular weight is 180 g/mol. The molecule has 1 rings (SSSR count). The summed E-state index contributed by atoms with van der Waals surface area (Å²) in [5, 5.41) is 0. The van der Waals surface area contributed by atoms with E-state index in [-0.39, 0.29) is 6.04 Å². The molecule has 1 amide bonds. The number of benzene rings is 1. The van der Waals surface area contributed by atoms with Crippen LogP contribution in [0.2, 0.25) is 0 Å². The van der Waals surface area contributed by atoms with Crippen LogP contribution in [0.25, 0.3) is 0 Å². The van der Waals surface area contributed by atoms with Crippen LogP contribution in [0.1, 0.15) is 16.6 Å². The zero-order valence-corrected chi connectivity index (χ0v) is 7.60. The first-order valence-electron chi connectivity index (χ1n) is 5.73. The molecule has 0 aliphatic carbocycles. The third-order valence-electron chi connectivity index (χ3n) is 1.96. The summed E-state index contributed by atoms with van der Waals surface area (Å²) in [4.78, 5) is 11.6. The van der Waals surface area contributed by atoms with Crippen molar-refractivity contribution >= 4 is 6.41 Å². The van der Waals surface area contributed by atoms with Crippen molar-refractivity contribution in [3.05, 3.63) is 35.9 Å². The van der Waals surface area contributed by atoms with E-state index in [1.54, 1.807) is 6.92 Å². The van der Waals surface area contributed by atoms with E-state index in [1.165, 1.54) is 0 Å². The molecule has 0 aromatic heterocycles. The molecule has 1 aromatic carbocycles. The number of rotatable bonds is 4. The topological polar surface area (TPSA) is 20.3 Å². The molecule has 13 heavy (non-hydrogen) atoms. The van der Waals surface area contributed by atoms with Crippen molar-refractivity contribution in [1.29, 1.82) is 0 Å². The number of hydrogen-bond donors (Lipinski definition) is 0. The monoisotopic (exact) mass is 180 g/mol. The van der Waals surface area contributed by atoms with Crippen molar-refractivity contribution in [2.45, 2.75) is 19.4 Å². The van der Waals surface area contributed by atoms with Gasteiger partial charge >= 0.3 is 0 Å². The minimum atomic E-state index is -2.37. The fraction of sp³-hybridized carbons (Fsp3) is 0.364. The Morgan fingerprint density at radius 1 is 1.54 bits per heavy atom. The van der Waals surface area contributed by atoms with Gasteiger partial charge in [-0.05, 0) is 18.9 Å². The third kappa shape index (κ3) is 2.90. The summed E-state index contributed by atoms with van der Waals surface area (Å²) < 4.78 is 21.6. The summed E-state index contributed by atoms with van der Waals surface area (Å²) in [5.74, 6) is 0. The molecule has 0 unspecified atom stereocenters. The maximum absolute atomic E-state index is 10.7. The molecule has 0 N–H and O–H groups in total. The van der Waals surface area contributed by atoms with Crippen LogP contribution in [0.3, 0.4) is 0 Å². The largest absolute Gasteiger partial charge is 0.345 e. The average Bonchev–Trinajstić information content (AvgIpc) is 2.17. The molecule has 0 saturated carbocycles. The van der Waals surface area contributed by atoms with Gasteiger partial charge in [-0.25, -0.2) is 0 Å². The predicted molar refractivity (Wildman–Crippen MR) is 53.4 cm³/mol. The predicted octanol–water partition coefficient (Wildman–Crippen LogP) is 1.71. The van der Waals surface area contributed by atoms with Gasteiger partial charge in [0, 0.05) is 17.1 Å². The lowest BCUT2D eigenvalue weighted by Gasteiger charge is -2.19. The molecule has 0 aliphatic heterocycles. The Kier molecular flexibility index (Phi) is 2.21. The van der Waals surface area contributed by atoms with Crippen LogP contribution >= 0.6 is 0 Å². The van der Waals surface area contributed by atoms with Crippen LogP contribution in [0, 0.1) is 0 Å². The van der Waals surface area contributed by atoms with Crippen molar-refractivity contribution in [3.63, 3.8) is 0 Å². The fourth-order valence-corrected chi connectivity index (χ4v) is 1.16. The van der Waals surface area contributed by atoms with E-state index in [1.807, 2.05) is 30.3 Å². The third-order valence-corrected chi connectivity index (χ3v) is 1.96. The zero-order valence-electron chi connectivity index (χ0n) is 10.6. The second-order valence-corrected chi connectivity index (χ2v) is 3.05. The molecule has 0 radical (unpaired) electrons. The van der Waals surface area contributed by atoms with E-state index in [0.717, 1.165) is 10.5 Å². The highest BCUT2D eigenvalue weighted by molar-refractivity contribution is 5.47. The maximum atomic E-state index is 10.7. The van der Waals surface area contributed by atoms with Crippen molar-refractivity contribution in [2.75, 3.05) is 6.98 Å². The molecule has 1 atom stereocenters. The normalized spacial score (nSPS) is 16.5. The van der Waals surface area contributed by atoms with E-state index < -0.39 is 6.98 Å². The van der Waals surface area contributed by atoms with E-state index in [9.17, 15) is 4.79 Å². The highest BCUT2D eigenvalue weighted by Crippen LogP contribution is 2.05. The number of amides is 1. The molecule has 1 aromatic rings. The van der Waals surface area contributed by atoms with Crippen molar-refractivity contribution < 1.29 is 8.91 Å². The van der Waals surface area contributed by atoms with Crippen LogP contribution in [-0.4, -0.2) is 24.3 Å². The molecular formula is C11H15NO. The van der Waals surface area contributed by atoms with Crippen molar-refractivity contribution in [2.24, 2.45) is 0 Å². The molecule has 70 valence electrons. The van der Waals surface area contributed by atoms with Crippen LogP contribution in [0.15, 0.2) is 30.3 Å². The molecule has 2 heteroatoms. The van der Waals surface area contributed by atoms with Crippen LogP contribution in [-0.2, 0) is 11.2 Å². The number of hydrogen-bond acceptors (Lipinski definition) is 1. The van der Waals surface area contributed by atoms with E-state index >= 15 is 0 Å². The van der Waals surface area contributed by atoms with Gasteiger partial charge in [-0.2, -0.15) is 0 Å². The maximum Gasteiger partial charge on any atom is 0.209 e. The number of carbonyl (C=O) groups excluding carboxylic acids is 1. The van der Waals surface area contributed by atoms with Crippen molar-refractivity contribution in [1.82, 2.24) is 4.90 Å². The SMILES string of the molecule is [2H]C([2H])([2H])N(C=O)[C@H](C)Cc1ccccc1. The van der Waals surface area contributed by atoms with E-state index in [2.05, 4.69) is 0 Å². The van der Waals surface area contributed by atoms with E-state index in [4.69, 9.17) is 4.11 Å². The highest BCUT2D eigenvalue weighted by atomic mass is 16.1. The Morgan fingerprint density at radius 2 is 2.23 bits per heavy atom. The fourth-order valence-electron chi connectivity index (χ4n) is 1.16. The number of nitrogens with zero attached hydrogens (tertiary/aromatic N) is 1. The van der Waals surface area contributed by atoms with Gasteiger partial charge in [-0.3, -0.25) is 4.79 Å². The van der Waals surface area contributed by atoms with Gasteiger partial charge in [0.05, 0.1) is 0 Å². The standard InChI is InChI=1S/C11H15NO/c1-10(12(2)9-13)8-11-6-4-3-5-7-11/h3-7,9-10H,8H2,1-2H3/t10-/m1/s1/i2D3. The molecule has 0 saturated heterocycles. The first-order chi connectivity index (χ1) is 7.45. The minimum absolute atomic E-state index is 0.340. The Bertz CT molecular complexity index is 337. The van der Waals surface area contributed by atoms with Gasteiger partial charge in [0.2, 0.25) is 6.41 Å². The molecular weight excluding hydrogens is 162 g/mol. The molecule has 0 bridgehead atoms. The molecule has 0 fully saturated rings. The van der Waals surface area contributed by atoms with Gasteiger partial charge in [-0.15, -0.1) is 0 Å². The second-order valence-electron chi connectivity index (χ2n) is 3.05. The molecule has 0 aliphatic rings. The second kappa shape index (κ2) is 4.65. The van der Waals surface area contributed by atoms with Crippen LogP contribution in [0.4, 0.5) is 0 Å². The minimum Gasteiger partial charge on any atom is -0.345 e. The quantitative estimate of drug-likeness (QED) is 0.646. The zero-order chi connectivity index (χ0) is 12.2. The summed E-state index contributed by atoms with van der Waals surface area (Å²) in [6, 6.07) is 9.17. The van der Waals surface area contributed by atoms with Crippen molar-refractivity contribution in [3.8, 4) is 0 Å². The Morgan fingerprint density at radius 3 is 2.77 bits per heavy atom. The van der Waals surface area contributed by atoms with Crippen LogP contribution < -0.4 is 0 Å². The van der Waals surface area contributed by atoms with Gasteiger partial charge in [0.15, 0.2) is 0 Å². The lowest BCUT2D eigenvalue weighted by Crippen LogP contribution is -2.29. The smallest absolute Gasteiger partial charge is 0.209 e.